The highest BCUT2D eigenvalue weighted by Crippen LogP contribution is 2.74. The Labute approximate surface area is 204 Å². The van der Waals surface area contributed by atoms with E-state index in [1.807, 2.05) is 26.0 Å². The first kappa shape index (κ1) is 22.4. The zero-order valence-electron chi connectivity index (χ0n) is 21.6. The molecule has 4 heteroatoms. The van der Waals surface area contributed by atoms with E-state index in [2.05, 4.69) is 45.0 Å². The van der Waals surface area contributed by atoms with Gasteiger partial charge in [0.15, 0.2) is 11.6 Å². The zero-order valence-corrected chi connectivity index (χ0v) is 21.6. The highest BCUT2D eigenvalue weighted by Gasteiger charge is 2.69. The van der Waals surface area contributed by atoms with Gasteiger partial charge in [0.2, 0.25) is 0 Å². The third-order valence-electron chi connectivity index (χ3n) is 12.3. The van der Waals surface area contributed by atoms with Crippen molar-refractivity contribution < 1.29 is 9.59 Å². The molecule has 8 atom stereocenters. The van der Waals surface area contributed by atoms with Crippen molar-refractivity contribution in [2.45, 2.75) is 92.0 Å². The van der Waals surface area contributed by atoms with E-state index >= 15 is 0 Å². The van der Waals surface area contributed by atoms with Gasteiger partial charge in [-0.15, -0.1) is 0 Å². The third-order valence-corrected chi connectivity index (χ3v) is 12.3. The first-order chi connectivity index (χ1) is 15.8. The molecule has 0 aromatic carbocycles. The van der Waals surface area contributed by atoms with Crippen molar-refractivity contribution in [3.05, 3.63) is 23.3 Å². The van der Waals surface area contributed by atoms with Crippen LogP contribution in [0.15, 0.2) is 28.3 Å². The van der Waals surface area contributed by atoms with Crippen molar-refractivity contribution in [3.8, 4) is 6.07 Å². The van der Waals surface area contributed by atoms with Crippen LogP contribution in [0, 0.1) is 56.2 Å². The van der Waals surface area contributed by atoms with Crippen LogP contribution < -0.4 is 0 Å². The van der Waals surface area contributed by atoms with Gasteiger partial charge >= 0.3 is 0 Å². The molecule has 0 aromatic rings. The van der Waals surface area contributed by atoms with Crippen molar-refractivity contribution in [1.29, 1.82) is 5.26 Å². The van der Waals surface area contributed by atoms with Gasteiger partial charge in [-0.05, 0) is 79.1 Å². The van der Waals surface area contributed by atoms with Crippen LogP contribution in [-0.2, 0) is 9.59 Å². The van der Waals surface area contributed by atoms with Gasteiger partial charge < -0.3 is 0 Å². The number of hydrogen-bond donors (Lipinski definition) is 0. The molecule has 4 nitrogen and oxygen atoms in total. The van der Waals surface area contributed by atoms with E-state index in [4.69, 9.17) is 0 Å². The molecule has 0 amide bonds. The predicted octanol–water partition coefficient (Wildman–Crippen LogP) is 6.02. The lowest BCUT2D eigenvalue weighted by Gasteiger charge is -2.68. The number of carbonyl (C=O) groups is 2. The van der Waals surface area contributed by atoms with E-state index in [0.29, 0.717) is 5.92 Å². The van der Waals surface area contributed by atoms with E-state index in [1.54, 1.807) is 0 Å². The van der Waals surface area contributed by atoms with Gasteiger partial charge in [0.25, 0.3) is 0 Å². The maximum Gasteiger partial charge on any atom is 0.178 e. The van der Waals surface area contributed by atoms with Crippen LogP contribution in [0.4, 0.5) is 0 Å². The summed E-state index contributed by atoms with van der Waals surface area (Å²) in [6, 6.07) is 2.20. The predicted molar refractivity (Wildman–Crippen MR) is 132 cm³/mol. The van der Waals surface area contributed by atoms with Crippen LogP contribution in [0.5, 0.6) is 0 Å². The third kappa shape index (κ3) is 2.42. The molecule has 6 aliphatic rings. The Balaban J connectivity index is 1.52. The number of rotatable bonds is 0. The Bertz CT molecular complexity index is 1160. The Morgan fingerprint density at radius 2 is 1.68 bits per heavy atom. The quantitative estimate of drug-likeness (QED) is 0.445. The van der Waals surface area contributed by atoms with Gasteiger partial charge in [0, 0.05) is 23.0 Å². The molecule has 34 heavy (non-hydrogen) atoms. The standard InChI is InChI=1S/C30H38N2O2/c1-25(2)21-7-8-28(5)22(27(21,4)14-18(16-31)24(25)34)13-20(33)23-19-15-30(17-32-30)12-10-26(19,3)9-11-29(23,28)6/h13-14,17,19,21,23H,7-12,15H2,1-6H3/t19-,21-,23-,26-,27-,28+,29+,30-/m0/s1. The molecule has 0 N–H and O–H groups in total. The summed E-state index contributed by atoms with van der Waals surface area (Å²) in [6.45, 7) is 13.4. The summed E-state index contributed by atoms with van der Waals surface area (Å²) in [5.74, 6) is 0.734. The van der Waals surface area contributed by atoms with Crippen LogP contribution in [-0.4, -0.2) is 23.3 Å². The smallest absolute Gasteiger partial charge is 0.178 e. The highest BCUT2D eigenvalue weighted by atomic mass is 16.1. The van der Waals surface area contributed by atoms with Crippen molar-refractivity contribution in [1.82, 2.24) is 0 Å². The Morgan fingerprint density at radius 1 is 1.00 bits per heavy atom. The van der Waals surface area contributed by atoms with Crippen LogP contribution in [0.25, 0.3) is 0 Å². The molecule has 3 saturated carbocycles. The average Bonchev–Trinajstić information content (AvgIpc) is 3.53. The highest BCUT2D eigenvalue weighted by molar-refractivity contribution is 6.04. The lowest BCUT2D eigenvalue weighted by Crippen LogP contribution is -2.64. The fourth-order valence-corrected chi connectivity index (χ4v) is 9.88. The topological polar surface area (TPSA) is 70.3 Å². The van der Waals surface area contributed by atoms with E-state index in [-0.39, 0.29) is 50.8 Å². The lowest BCUT2D eigenvalue weighted by molar-refractivity contribution is -0.163. The number of aliphatic imine (C=N–C) groups is 1. The number of fused-ring (bicyclic) bond motifs is 7. The molecular formula is C30H38N2O2. The summed E-state index contributed by atoms with van der Waals surface area (Å²) < 4.78 is 0. The van der Waals surface area contributed by atoms with E-state index in [9.17, 15) is 14.9 Å². The summed E-state index contributed by atoms with van der Waals surface area (Å²) in [4.78, 5) is 32.0. The Hall–Kier alpha value is -2.02. The van der Waals surface area contributed by atoms with Gasteiger partial charge in [-0.1, -0.05) is 53.2 Å². The Kier molecular flexibility index (Phi) is 4.10. The largest absolute Gasteiger partial charge is 0.295 e. The van der Waals surface area contributed by atoms with E-state index in [0.717, 1.165) is 38.5 Å². The summed E-state index contributed by atoms with van der Waals surface area (Å²) in [6.07, 6.45) is 13.6. The van der Waals surface area contributed by atoms with Crippen LogP contribution in [0.1, 0.15) is 86.5 Å². The average molecular weight is 459 g/mol. The van der Waals surface area contributed by atoms with E-state index < -0.39 is 10.8 Å². The van der Waals surface area contributed by atoms with Gasteiger partial charge in [-0.3, -0.25) is 14.6 Å². The molecule has 1 heterocycles. The second-order valence-electron chi connectivity index (χ2n) is 14.1. The monoisotopic (exact) mass is 458 g/mol. The van der Waals surface area contributed by atoms with Crippen molar-refractivity contribution >= 4 is 17.8 Å². The van der Waals surface area contributed by atoms with Crippen molar-refractivity contribution in [2.75, 3.05) is 0 Å². The Morgan fingerprint density at radius 3 is 2.32 bits per heavy atom. The number of nitrogens with zero attached hydrogens (tertiary/aromatic N) is 2. The minimum Gasteiger partial charge on any atom is -0.295 e. The van der Waals surface area contributed by atoms with Crippen LogP contribution in [0.3, 0.4) is 0 Å². The zero-order chi connectivity index (χ0) is 24.5. The molecule has 180 valence electrons. The molecule has 1 spiro atoms. The maximum atomic E-state index is 14.2. The lowest BCUT2D eigenvalue weighted by atomic mass is 9.34. The minimum atomic E-state index is -0.609. The van der Waals surface area contributed by atoms with Gasteiger partial charge in [-0.2, -0.15) is 5.26 Å². The van der Waals surface area contributed by atoms with Gasteiger partial charge in [0.05, 0.1) is 11.1 Å². The number of Topliss-reactive ketones (excluding diaryl/α,β-unsaturated/α-hetero) is 1. The van der Waals surface area contributed by atoms with Gasteiger partial charge in [0.1, 0.15) is 6.07 Å². The number of nitriles is 1. The first-order valence-electron chi connectivity index (χ1n) is 13.3. The van der Waals surface area contributed by atoms with Crippen molar-refractivity contribution in [3.63, 3.8) is 0 Å². The fourth-order valence-electron chi connectivity index (χ4n) is 9.88. The summed E-state index contributed by atoms with van der Waals surface area (Å²) >= 11 is 0. The molecule has 0 saturated heterocycles. The second-order valence-corrected chi connectivity index (χ2v) is 14.1. The fraction of sp³-hybridized carbons (Fsp3) is 0.733. The summed E-state index contributed by atoms with van der Waals surface area (Å²) in [5, 5.41) is 9.82. The molecule has 0 unspecified atom stereocenters. The van der Waals surface area contributed by atoms with Crippen molar-refractivity contribution in [2.24, 2.45) is 49.8 Å². The molecule has 5 aliphatic carbocycles. The summed E-state index contributed by atoms with van der Waals surface area (Å²) in [5.41, 5.74) is 0.402. The normalized spacial score (nSPS) is 52.4. The molecular weight excluding hydrogens is 420 g/mol. The molecule has 3 fully saturated rings. The minimum absolute atomic E-state index is 0.0270. The molecule has 0 radical (unpaired) electrons. The van der Waals surface area contributed by atoms with E-state index in [1.165, 1.54) is 12.0 Å². The first-order valence-corrected chi connectivity index (χ1v) is 13.3. The second kappa shape index (κ2) is 6.21. The van der Waals surface area contributed by atoms with Gasteiger partial charge in [-0.25, -0.2) is 0 Å². The molecule has 0 aromatic heterocycles. The van der Waals surface area contributed by atoms with Crippen LogP contribution >= 0.6 is 0 Å². The number of hydrogen-bond acceptors (Lipinski definition) is 4. The molecule has 1 aliphatic heterocycles. The number of allylic oxidation sites excluding steroid dienone is 4. The number of carbonyl (C=O) groups excluding carboxylic acids is 2. The van der Waals surface area contributed by atoms with Crippen LogP contribution in [0.2, 0.25) is 0 Å². The molecule has 0 bridgehead atoms. The number of ketones is 2. The summed E-state index contributed by atoms with van der Waals surface area (Å²) in [7, 11) is 0. The molecule has 6 rings (SSSR count). The maximum absolute atomic E-state index is 14.2. The SMILES string of the molecule is CC1(C)C(=O)C(C#N)=C[C@]2(C)C3=CC(=O)[C@@H]4[C@@H]5C[C@]6(C=N6)CC[C@]5(C)CC[C@@]4(C)[C@]3(C)CC[C@@H]12.